The molecule has 0 bridgehead atoms. The summed E-state index contributed by atoms with van der Waals surface area (Å²) in [5.74, 6) is -0.231. The van der Waals surface area contributed by atoms with E-state index in [1.807, 2.05) is 6.07 Å². The van der Waals surface area contributed by atoms with Gasteiger partial charge in [0.2, 0.25) is 0 Å². The number of carbonyl (C=O) groups is 1. The minimum absolute atomic E-state index is 0.125. The third-order valence-corrected chi connectivity index (χ3v) is 7.76. The van der Waals surface area contributed by atoms with Crippen molar-refractivity contribution in [2.24, 2.45) is 5.92 Å². The second-order valence-electron chi connectivity index (χ2n) is 10.2. The number of hydrogen-bond donors (Lipinski definition) is 0. The van der Waals surface area contributed by atoms with Crippen LogP contribution in [-0.2, 0) is 9.84 Å². The van der Waals surface area contributed by atoms with Crippen molar-refractivity contribution in [2.75, 3.05) is 6.26 Å². The van der Waals surface area contributed by atoms with Crippen LogP contribution < -0.4 is 4.74 Å². The molecule has 0 fully saturated rings. The average Bonchev–Trinajstić information content (AvgIpc) is 3.58. The van der Waals surface area contributed by atoms with E-state index in [1.165, 1.54) is 41.2 Å². The summed E-state index contributed by atoms with van der Waals surface area (Å²) in [5.41, 5.74) is 3.63. The molecule has 0 saturated carbocycles. The maximum Gasteiger partial charge on any atom is 0.573 e. The van der Waals surface area contributed by atoms with E-state index < -0.39 is 16.2 Å². The monoisotopic (exact) mass is 609 g/mol. The molecule has 5 rings (SSSR count). The van der Waals surface area contributed by atoms with E-state index in [9.17, 15) is 26.4 Å². The number of hydrogen-bond acceptors (Lipinski definition) is 7. The first-order valence-electron chi connectivity index (χ1n) is 13.0. The fourth-order valence-corrected chi connectivity index (χ4v) is 5.22. The number of imidazole rings is 1. The zero-order chi connectivity index (χ0) is 31.1. The molecule has 5 aromatic rings. The fraction of sp³-hybridized carbons (Fsp3) is 0.200. The van der Waals surface area contributed by atoms with Crippen molar-refractivity contribution in [1.29, 1.82) is 0 Å². The Morgan fingerprint density at radius 3 is 2.26 bits per heavy atom. The van der Waals surface area contributed by atoms with Crippen molar-refractivity contribution in [3.63, 3.8) is 0 Å². The highest BCUT2D eigenvalue weighted by Gasteiger charge is 2.31. The second-order valence-corrected chi connectivity index (χ2v) is 12.2. The number of ether oxygens (including phenoxy) is 1. The van der Waals surface area contributed by atoms with Crippen molar-refractivity contribution in [3.8, 4) is 39.5 Å². The number of Topliss-reactive ketones (excluding diaryl/α,β-unsaturated/α-hetero) is 1. The Bertz CT molecular complexity index is 1930. The lowest BCUT2D eigenvalue weighted by molar-refractivity contribution is -0.274. The van der Waals surface area contributed by atoms with Gasteiger partial charge < -0.3 is 9.30 Å². The standard InChI is InChI=1S/C30H26F3N5O4S/c1-18(2)29(39)25-17-37(19(3)35-25)26-13-10-22(21-6-5-7-24(14-21)43(4,40)41)15-27(26)38-28(16-34-36-38)20-8-11-23(12-9-20)42-30(31,32)33/h5-18H,1-4H3. The fourth-order valence-electron chi connectivity index (χ4n) is 4.55. The quantitative estimate of drug-likeness (QED) is 0.192. The number of nitrogens with zero attached hydrogens (tertiary/aromatic N) is 5. The molecule has 0 saturated heterocycles. The van der Waals surface area contributed by atoms with Crippen molar-refractivity contribution in [1.82, 2.24) is 24.5 Å². The number of aryl methyl sites for hydroxylation is 1. The van der Waals surface area contributed by atoms with Gasteiger partial charge in [0, 0.05) is 23.9 Å². The number of rotatable bonds is 8. The summed E-state index contributed by atoms with van der Waals surface area (Å²) in [6, 6.07) is 17.2. The van der Waals surface area contributed by atoms with E-state index in [0.717, 1.165) is 6.26 Å². The number of carbonyl (C=O) groups excluding carboxylic acids is 1. The summed E-state index contributed by atoms with van der Waals surface area (Å²) in [6.07, 6.45) is -0.590. The van der Waals surface area contributed by atoms with Gasteiger partial charge in [0.1, 0.15) is 17.3 Å². The van der Waals surface area contributed by atoms with Crippen LogP contribution in [0.3, 0.4) is 0 Å². The zero-order valence-electron chi connectivity index (χ0n) is 23.5. The molecule has 0 aliphatic rings. The highest BCUT2D eigenvalue weighted by atomic mass is 32.2. The zero-order valence-corrected chi connectivity index (χ0v) is 24.3. The van der Waals surface area contributed by atoms with Gasteiger partial charge in [-0.2, -0.15) is 0 Å². The predicted octanol–water partition coefficient (Wildman–Crippen LogP) is 6.24. The number of benzene rings is 3. The maximum absolute atomic E-state index is 12.7. The predicted molar refractivity (Wildman–Crippen MR) is 153 cm³/mol. The van der Waals surface area contributed by atoms with E-state index in [2.05, 4.69) is 20.0 Å². The maximum atomic E-state index is 12.7. The highest BCUT2D eigenvalue weighted by molar-refractivity contribution is 7.90. The molecule has 2 aromatic heterocycles. The number of sulfone groups is 1. The molecule has 43 heavy (non-hydrogen) atoms. The minimum atomic E-state index is -4.83. The molecule has 0 amide bonds. The van der Waals surface area contributed by atoms with E-state index >= 15 is 0 Å². The summed E-state index contributed by atoms with van der Waals surface area (Å²) >= 11 is 0. The van der Waals surface area contributed by atoms with E-state index in [4.69, 9.17) is 0 Å². The van der Waals surface area contributed by atoms with E-state index in [-0.39, 0.29) is 22.3 Å². The second kappa shape index (κ2) is 11.1. The van der Waals surface area contributed by atoms with Crippen molar-refractivity contribution >= 4 is 15.6 Å². The molecule has 0 atom stereocenters. The summed E-state index contributed by atoms with van der Waals surface area (Å²) in [7, 11) is -3.47. The normalized spacial score (nSPS) is 12.1. The van der Waals surface area contributed by atoms with Crippen LogP contribution in [0.5, 0.6) is 5.75 Å². The van der Waals surface area contributed by atoms with Crippen LogP contribution in [0.2, 0.25) is 0 Å². The minimum Gasteiger partial charge on any atom is -0.406 e. The molecule has 2 heterocycles. The van der Waals surface area contributed by atoms with E-state index in [1.54, 1.807) is 61.9 Å². The topological polar surface area (TPSA) is 109 Å². The lowest BCUT2D eigenvalue weighted by Crippen LogP contribution is -2.16. The Hall–Kier alpha value is -4.78. The van der Waals surface area contributed by atoms with Crippen LogP contribution in [0.25, 0.3) is 33.8 Å². The lowest BCUT2D eigenvalue weighted by atomic mass is 10.0. The van der Waals surface area contributed by atoms with Gasteiger partial charge in [-0.25, -0.2) is 18.1 Å². The Labute approximate surface area is 245 Å². The molecule has 0 radical (unpaired) electrons. The van der Waals surface area contributed by atoms with Gasteiger partial charge >= 0.3 is 6.36 Å². The summed E-state index contributed by atoms with van der Waals surface area (Å²) in [6.45, 7) is 5.33. The van der Waals surface area contributed by atoms with Gasteiger partial charge in [-0.3, -0.25) is 4.79 Å². The van der Waals surface area contributed by atoms with Crippen LogP contribution in [0.4, 0.5) is 13.2 Å². The van der Waals surface area contributed by atoms with Crippen molar-refractivity contribution < 1.29 is 31.1 Å². The Morgan fingerprint density at radius 1 is 0.930 bits per heavy atom. The van der Waals surface area contributed by atoms with Crippen LogP contribution in [-0.4, -0.2) is 51.4 Å². The molecule has 0 unspecified atom stereocenters. The van der Waals surface area contributed by atoms with Gasteiger partial charge in [0.25, 0.3) is 0 Å². The molecule has 9 nitrogen and oxygen atoms in total. The summed E-state index contributed by atoms with van der Waals surface area (Å²) < 4.78 is 69.8. The molecular weight excluding hydrogens is 583 g/mol. The highest BCUT2D eigenvalue weighted by Crippen LogP contribution is 2.33. The first-order valence-corrected chi connectivity index (χ1v) is 14.9. The number of alkyl halides is 3. The van der Waals surface area contributed by atoms with Gasteiger partial charge in [0.05, 0.1) is 28.2 Å². The van der Waals surface area contributed by atoms with Gasteiger partial charge in [-0.15, -0.1) is 18.3 Å². The summed E-state index contributed by atoms with van der Waals surface area (Å²) in [5, 5.41) is 8.34. The average molecular weight is 610 g/mol. The van der Waals surface area contributed by atoms with Crippen molar-refractivity contribution in [3.05, 3.63) is 90.6 Å². The molecule has 3 aromatic carbocycles. The Morgan fingerprint density at radius 2 is 1.60 bits per heavy atom. The van der Waals surface area contributed by atoms with Gasteiger partial charge in [0.15, 0.2) is 15.6 Å². The van der Waals surface area contributed by atoms with Gasteiger partial charge in [-0.05, 0) is 66.6 Å². The molecule has 0 N–H and O–H groups in total. The number of halogens is 3. The number of ketones is 1. The SMILES string of the molecule is Cc1nc(C(=O)C(C)C)cn1-c1ccc(-c2cccc(S(C)(=O)=O)c2)cc1-n1nncc1-c1ccc(OC(F)(F)F)cc1. The largest absolute Gasteiger partial charge is 0.573 e. The number of aromatic nitrogens is 5. The molecule has 222 valence electrons. The third-order valence-electron chi connectivity index (χ3n) is 6.65. The van der Waals surface area contributed by atoms with Crippen LogP contribution >= 0.6 is 0 Å². The Kier molecular flexibility index (Phi) is 7.69. The Balaban J connectivity index is 1.68. The smallest absolute Gasteiger partial charge is 0.406 e. The molecule has 0 aliphatic carbocycles. The van der Waals surface area contributed by atoms with E-state index in [0.29, 0.717) is 45.3 Å². The summed E-state index contributed by atoms with van der Waals surface area (Å²) in [4.78, 5) is 17.3. The first kappa shape index (κ1) is 29.7. The first-order chi connectivity index (χ1) is 20.2. The molecule has 0 spiro atoms. The van der Waals surface area contributed by atoms with Crippen LogP contribution in [0, 0.1) is 12.8 Å². The van der Waals surface area contributed by atoms with Crippen LogP contribution in [0.15, 0.2) is 84.0 Å². The van der Waals surface area contributed by atoms with Crippen molar-refractivity contribution in [2.45, 2.75) is 32.0 Å². The third kappa shape index (κ3) is 6.36. The molecule has 0 aliphatic heterocycles. The molecular formula is C30H26F3N5O4S. The molecule has 13 heteroatoms. The lowest BCUT2D eigenvalue weighted by Gasteiger charge is -2.16. The van der Waals surface area contributed by atoms with Gasteiger partial charge in [-0.1, -0.05) is 37.3 Å². The van der Waals surface area contributed by atoms with Crippen LogP contribution in [0.1, 0.15) is 30.2 Å².